The topological polar surface area (TPSA) is 64.7 Å². The van der Waals surface area contributed by atoms with E-state index in [9.17, 15) is 5.11 Å². The molecule has 0 aliphatic carbocycles. The van der Waals surface area contributed by atoms with Gasteiger partial charge < -0.3 is 20.3 Å². The highest BCUT2D eigenvalue weighted by molar-refractivity contribution is 9.10. The highest BCUT2D eigenvalue weighted by atomic mass is 79.9. The van der Waals surface area contributed by atoms with Crippen molar-refractivity contribution >= 4 is 21.6 Å². The Morgan fingerprint density at radius 2 is 1.80 bits per heavy atom. The number of aliphatic hydroxyl groups is 1. The molecule has 1 atom stereocenters. The second-order valence-corrected chi connectivity index (χ2v) is 5.13. The van der Waals surface area contributed by atoms with Gasteiger partial charge >= 0.3 is 0 Å². The molecule has 0 aliphatic heterocycles. The summed E-state index contributed by atoms with van der Waals surface area (Å²) in [5.41, 5.74) is 6.27. The van der Waals surface area contributed by atoms with Crippen LogP contribution in [0.1, 0.15) is 0 Å². The molecule has 2 aromatic carbocycles. The van der Waals surface area contributed by atoms with Crippen LogP contribution in [0.3, 0.4) is 0 Å². The summed E-state index contributed by atoms with van der Waals surface area (Å²) in [6, 6.07) is 14.6. The van der Waals surface area contributed by atoms with Crippen LogP contribution >= 0.6 is 15.9 Å². The van der Waals surface area contributed by atoms with Crippen LogP contribution in [0.25, 0.3) is 0 Å². The second-order valence-electron chi connectivity index (χ2n) is 4.28. The van der Waals surface area contributed by atoms with Crippen LogP contribution in [0.4, 0.5) is 5.69 Å². The maximum atomic E-state index is 9.84. The SMILES string of the molecule is Nc1cccc(OCC(O)COc2ccccc2Br)c1. The van der Waals surface area contributed by atoms with Crippen molar-refractivity contribution in [3.05, 3.63) is 53.0 Å². The van der Waals surface area contributed by atoms with Gasteiger partial charge in [-0.05, 0) is 40.2 Å². The molecular weight excluding hydrogens is 322 g/mol. The minimum absolute atomic E-state index is 0.147. The van der Waals surface area contributed by atoms with Crippen molar-refractivity contribution in [2.24, 2.45) is 0 Å². The van der Waals surface area contributed by atoms with Gasteiger partial charge in [-0.1, -0.05) is 18.2 Å². The summed E-state index contributed by atoms with van der Waals surface area (Å²) < 4.78 is 11.8. The molecule has 0 saturated heterocycles. The molecule has 0 aromatic heterocycles. The van der Waals surface area contributed by atoms with Gasteiger partial charge in [0.25, 0.3) is 0 Å². The molecule has 2 rings (SSSR count). The summed E-state index contributed by atoms with van der Waals surface area (Å²) in [4.78, 5) is 0. The van der Waals surface area contributed by atoms with E-state index in [4.69, 9.17) is 15.2 Å². The highest BCUT2D eigenvalue weighted by Crippen LogP contribution is 2.23. The van der Waals surface area contributed by atoms with E-state index in [1.807, 2.05) is 24.3 Å². The lowest BCUT2D eigenvalue weighted by molar-refractivity contribution is 0.0624. The molecule has 0 bridgehead atoms. The Balaban J connectivity index is 1.78. The first-order valence-corrected chi connectivity index (χ1v) is 6.98. The third-order valence-electron chi connectivity index (χ3n) is 2.57. The number of para-hydroxylation sites is 1. The van der Waals surface area contributed by atoms with Crippen LogP contribution in [0.2, 0.25) is 0 Å². The van der Waals surface area contributed by atoms with Gasteiger partial charge in [-0.15, -0.1) is 0 Å². The number of nitrogens with two attached hydrogens (primary N) is 1. The van der Waals surface area contributed by atoms with Crippen molar-refractivity contribution in [2.75, 3.05) is 18.9 Å². The Morgan fingerprint density at radius 3 is 2.55 bits per heavy atom. The van der Waals surface area contributed by atoms with E-state index in [1.165, 1.54) is 0 Å². The van der Waals surface area contributed by atoms with Crippen LogP contribution in [0, 0.1) is 0 Å². The average molecular weight is 338 g/mol. The van der Waals surface area contributed by atoms with Crippen LogP contribution in [-0.2, 0) is 0 Å². The molecule has 0 aliphatic rings. The van der Waals surface area contributed by atoms with Crippen molar-refractivity contribution in [2.45, 2.75) is 6.10 Å². The molecule has 4 nitrogen and oxygen atoms in total. The predicted molar refractivity (Wildman–Crippen MR) is 82.0 cm³/mol. The molecule has 0 amide bonds. The molecule has 0 spiro atoms. The maximum absolute atomic E-state index is 9.84. The zero-order chi connectivity index (χ0) is 14.4. The number of ether oxygens (including phenoxy) is 2. The highest BCUT2D eigenvalue weighted by Gasteiger charge is 2.08. The predicted octanol–water partition coefficient (Wildman–Crippen LogP) is 2.85. The number of anilines is 1. The fraction of sp³-hybridized carbons (Fsp3) is 0.200. The van der Waals surface area contributed by atoms with Gasteiger partial charge in [0.1, 0.15) is 30.8 Å². The van der Waals surface area contributed by atoms with Gasteiger partial charge in [-0.25, -0.2) is 0 Å². The summed E-state index contributed by atoms with van der Waals surface area (Å²) in [7, 11) is 0. The lowest BCUT2D eigenvalue weighted by Gasteiger charge is -2.14. The molecule has 0 heterocycles. The summed E-state index contributed by atoms with van der Waals surface area (Å²) in [5.74, 6) is 1.32. The van der Waals surface area contributed by atoms with Crippen LogP contribution < -0.4 is 15.2 Å². The molecule has 0 radical (unpaired) electrons. The number of hydrogen-bond acceptors (Lipinski definition) is 4. The molecule has 5 heteroatoms. The number of nitrogen functional groups attached to an aromatic ring is 1. The molecule has 0 saturated carbocycles. The third kappa shape index (κ3) is 4.43. The number of halogens is 1. The second kappa shape index (κ2) is 7.17. The molecule has 1 unspecified atom stereocenters. The van der Waals surface area contributed by atoms with Crippen molar-refractivity contribution in [3.8, 4) is 11.5 Å². The normalized spacial score (nSPS) is 11.9. The van der Waals surface area contributed by atoms with E-state index in [0.717, 1.165) is 4.47 Å². The fourth-order valence-corrected chi connectivity index (χ4v) is 1.99. The van der Waals surface area contributed by atoms with Gasteiger partial charge in [0, 0.05) is 11.8 Å². The Labute approximate surface area is 126 Å². The zero-order valence-electron chi connectivity index (χ0n) is 10.8. The van der Waals surface area contributed by atoms with Crippen molar-refractivity contribution in [1.82, 2.24) is 0 Å². The quantitative estimate of drug-likeness (QED) is 0.795. The summed E-state index contributed by atoms with van der Waals surface area (Å²) in [5, 5.41) is 9.84. The van der Waals surface area contributed by atoms with Crippen LogP contribution in [0.5, 0.6) is 11.5 Å². The summed E-state index contributed by atoms with van der Waals surface area (Å²) >= 11 is 3.38. The van der Waals surface area contributed by atoms with E-state index >= 15 is 0 Å². The summed E-state index contributed by atoms with van der Waals surface area (Å²) in [6.45, 7) is 0.304. The van der Waals surface area contributed by atoms with Gasteiger partial charge in [0.15, 0.2) is 0 Å². The monoisotopic (exact) mass is 337 g/mol. The number of benzene rings is 2. The number of hydrogen-bond donors (Lipinski definition) is 2. The molecular formula is C15H16BrNO3. The first-order valence-electron chi connectivity index (χ1n) is 6.19. The molecule has 2 aromatic rings. The van der Waals surface area contributed by atoms with Crippen LogP contribution in [-0.4, -0.2) is 24.4 Å². The Kier molecular flexibility index (Phi) is 5.26. The fourth-order valence-electron chi connectivity index (χ4n) is 1.59. The molecule has 0 fully saturated rings. The van der Waals surface area contributed by atoms with Gasteiger partial charge in [0.05, 0.1) is 4.47 Å². The Hall–Kier alpha value is -1.72. The minimum atomic E-state index is -0.719. The first kappa shape index (κ1) is 14.7. The average Bonchev–Trinajstić information content (AvgIpc) is 2.44. The number of rotatable bonds is 6. The standard InChI is InChI=1S/C15H16BrNO3/c16-14-6-1-2-7-15(14)20-10-12(18)9-19-13-5-3-4-11(17)8-13/h1-8,12,18H,9-10,17H2. The Bertz CT molecular complexity index is 562. The maximum Gasteiger partial charge on any atom is 0.133 e. The van der Waals surface area contributed by atoms with E-state index in [-0.39, 0.29) is 13.2 Å². The Morgan fingerprint density at radius 1 is 1.05 bits per heavy atom. The molecule has 20 heavy (non-hydrogen) atoms. The molecule has 106 valence electrons. The molecule has 3 N–H and O–H groups in total. The number of aliphatic hydroxyl groups excluding tert-OH is 1. The van der Waals surface area contributed by atoms with E-state index in [1.54, 1.807) is 24.3 Å². The van der Waals surface area contributed by atoms with Crippen molar-refractivity contribution in [3.63, 3.8) is 0 Å². The lowest BCUT2D eigenvalue weighted by atomic mass is 10.3. The van der Waals surface area contributed by atoms with Gasteiger partial charge in [-0.2, -0.15) is 0 Å². The smallest absolute Gasteiger partial charge is 0.133 e. The van der Waals surface area contributed by atoms with Gasteiger partial charge in [-0.3, -0.25) is 0 Å². The van der Waals surface area contributed by atoms with E-state index < -0.39 is 6.10 Å². The largest absolute Gasteiger partial charge is 0.491 e. The lowest BCUT2D eigenvalue weighted by Crippen LogP contribution is -2.25. The zero-order valence-corrected chi connectivity index (χ0v) is 12.4. The third-order valence-corrected chi connectivity index (χ3v) is 3.22. The van der Waals surface area contributed by atoms with Crippen LogP contribution in [0.15, 0.2) is 53.0 Å². The van der Waals surface area contributed by atoms with E-state index in [2.05, 4.69) is 15.9 Å². The van der Waals surface area contributed by atoms with Crippen molar-refractivity contribution < 1.29 is 14.6 Å². The van der Waals surface area contributed by atoms with Crippen molar-refractivity contribution in [1.29, 1.82) is 0 Å². The minimum Gasteiger partial charge on any atom is -0.491 e. The first-order chi connectivity index (χ1) is 9.65. The van der Waals surface area contributed by atoms with E-state index in [0.29, 0.717) is 17.2 Å². The summed E-state index contributed by atoms with van der Waals surface area (Å²) in [6.07, 6.45) is -0.719. The van der Waals surface area contributed by atoms with Gasteiger partial charge in [0.2, 0.25) is 0 Å².